The van der Waals surface area contributed by atoms with E-state index in [1.54, 1.807) is 6.08 Å². The molecule has 0 aromatic rings. The topological polar surface area (TPSA) is 95.9 Å². The first kappa shape index (κ1) is 57.3. The van der Waals surface area contributed by atoms with Gasteiger partial charge in [-0.25, -0.2) is 0 Å². The maximum atomic E-state index is 13.1. The summed E-state index contributed by atoms with van der Waals surface area (Å²) in [7, 11) is 0. The Morgan fingerprint density at radius 3 is 1.38 bits per heavy atom. The average Bonchev–Trinajstić information content (AvgIpc) is 3.25. The Bertz CT molecular complexity index is 1310. The second-order valence-electron chi connectivity index (χ2n) is 15.7. The average molecular weight is 844 g/mol. The van der Waals surface area contributed by atoms with E-state index in [9.17, 15) is 19.8 Å². The van der Waals surface area contributed by atoms with Gasteiger partial charge in [-0.05, 0) is 96.0 Å². The minimum atomic E-state index is -0.831. The minimum absolute atomic E-state index is 0.0685. The van der Waals surface area contributed by atoms with Gasteiger partial charge in [0, 0.05) is 6.42 Å². The van der Waals surface area contributed by atoms with E-state index >= 15 is 0 Å². The molecule has 344 valence electrons. The van der Waals surface area contributed by atoms with Gasteiger partial charge >= 0.3 is 5.97 Å². The molecular formula is C55H89NO5. The highest BCUT2D eigenvalue weighted by molar-refractivity contribution is 5.78. The molecule has 61 heavy (non-hydrogen) atoms. The van der Waals surface area contributed by atoms with Gasteiger partial charge in [-0.2, -0.15) is 0 Å². The Kier molecular flexibility index (Phi) is 44.4. The van der Waals surface area contributed by atoms with E-state index in [1.807, 2.05) is 6.08 Å². The van der Waals surface area contributed by atoms with Crippen molar-refractivity contribution in [3.05, 3.63) is 122 Å². The molecule has 0 saturated carbocycles. The molecule has 3 unspecified atom stereocenters. The summed E-state index contributed by atoms with van der Waals surface area (Å²) < 4.78 is 5.79. The number of allylic oxidation sites excluding steroid dienone is 19. The van der Waals surface area contributed by atoms with Gasteiger partial charge in [-0.15, -0.1) is 0 Å². The van der Waals surface area contributed by atoms with Crippen LogP contribution in [0.15, 0.2) is 122 Å². The molecular weight excluding hydrogens is 755 g/mol. The van der Waals surface area contributed by atoms with Crippen LogP contribution >= 0.6 is 0 Å². The van der Waals surface area contributed by atoms with Crippen LogP contribution in [0.1, 0.15) is 188 Å². The van der Waals surface area contributed by atoms with Crippen molar-refractivity contribution in [3.8, 4) is 0 Å². The van der Waals surface area contributed by atoms with Crippen molar-refractivity contribution in [1.29, 1.82) is 0 Å². The van der Waals surface area contributed by atoms with Gasteiger partial charge in [-0.1, -0.05) is 200 Å². The van der Waals surface area contributed by atoms with E-state index in [-0.39, 0.29) is 24.9 Å². The normalized spacial score (nSPS) is 14.4. The molecule has 0 aliphatic carbocycles. The minimum Gasteiger partial charge on any atom is -0.458 e. The third-order valence-corrected chi connectivity index (χ3v) is 10.0. The van der Waals surface area contributed by atoms with Gasteiger partial charge in [0.15, 0.2) is 0 Å². The lowest BCUT2D eigenvalue weighted by Gasteiger charge is -2.23. The number of esters is 1. The van der Waals surface area contributed by atoms with E-state index in [4.69, 9.17) is 4.74 Å². The van der Waals surface area contributed by atoms with Crippen molar-refractivity contribution >= 4 is 11.9 Å². The Morgan fingerprint density at radius 2 is 0.918 bits per heavy atom. The fourth-order valence-corrected chi connectivity index (χ4v) is 6.42. The molecule has 0 aliphatic heterocycles. The van der Waals surface area contributed by atoms with Crippen LogP contribution in [-0.4, -0.2) is 46.9 Å². The Balaban J connectivity index is 4.88. The van der Waals surface area contributed by atoms with Crippen LogP contribution in [0.2, 0.25) is 0 Å². The SMILES string of the molecule is CC/C=C\C/C=C\C/C=C\C/C=C\C/C=C\C/C=C\C(CC(=O)NC(CO)C(O)CCCCCCCCCCC)OC(=O)CCCCC/C=C/C/C=C/C/C=C/C/C=C/CC. The number of aliphatic hydroxyl groups is 2. The van der Waals surface area contributed by atoms with E-state index in [2.05, 4.69) is 135 Å². The van der Waals surface area contributed by atoms with Crippen LogP contribution in [0.5, 0.6) is 0 Å². The summed E-state index contributed by atoms with van der Waals surface area (Å²) in [6.07, 6.45) is 65.7. The molecule has 0 heterocycles. The van der Waals surface area contributed by atoms with Crippen molar-refractivity contribution in [3.63, 3.8) is 0 Å². The summed E-state index contributed by atoms with van der Waals surface area (Å²) in [5, 5.41) is 23.6. The van der Waals surface area contributed by atoms with Crippen LogP contribution < -0.4 is 5.32 Å². The highest BCUT2D eigenvalue weighted by atomic mass is 16.5. The largest absolute Gasteiger partial charge is 0.458 e. The fourth-order valence-electron chi connectivity index (χ4n) is 6.42. The Hall–Kier alpha value is -3.74. The van der Waals surface area contributed by atoms with Crippen molar-refractivity contribution < 1.29 is 24.5 Å². The first-order chi connectivity index (χ1) is 30.0. The van der Waals surface area contributed by atoms with Crippen LogP contribution in [0.25, 0.3) is 0 Å². The molecule has 0 rings (SSSR count). The highest BCUT2D eigenvalue weighted by Crippen LogP contribution is 2.14. The molecule has 3 atom stereocenters. The zero-order chi connectivity index (χ0) is 44.5. The van der Waals surface area contributed by atoms with Gasteiger partial charge in [-0.3, -0.25) is 9.59 Å². The number of unbranched alkanes of at least 4 members (excludes halogenated alkanes) is 11. The van der Waals surface area contributed by atoms with Crippen LogP contribution in [0.3, 0.4) is 0 Å². The summed E-state index contributed by atoms with van der Waals surface area (Å²) in [6, 6.07) is -0.756. The summed E-state index contributed by atoms with van der Waals surface area (Å²) in [6.45, 7) is 6.17. The van der Waals surface area contributed by atoms with Gasteiger partial charge in [0.25, 0.3) is 0 Å². The van der Waals surface area contributed by atoms with E-state index in [0.717, 1.165) is 103 Å². The van der Waals surface area contributed by atoms with Gasteiger partial charge in [0.2, 0.25) is 5.91 Å². The van der Waals surface area contributed by atoms with Crippen molar-refractivity contribution in [1.82, 2.24) is 5.32 Å². The molecule has 1 amide bonds. The van der Waals surface area contributed by atoms with Crippen LogP contribution in [0.4, 0.5) is 0 Å². The molecule has 6 nitrogen and oxygen atoms in total. The lowest BCUT2D eigenvalue weighted by Crippen LogP contribution is -2.46. The maximum Gasteiger partial charge on any atom is 0.306 e. The number of aliphatic hydroxyl groups excluding tert-OH is 2. The first-order valence-corrected chi connectivity index (χ1v) is 24.3. The fraction of sp³-hybridized carbons (Fsp3) is 0.600. The van der Waals surface area contributed by atoms with Gasteiger partial charge < -0.3 is 20.3 Å². The predicted molar refractivity (Wildman–Crippen MR) is 263 cm³/mol. The van der Waals surface area contributed by atoms with Crippen molar-refractivity contribution in [2.45, 2.75) is 206 Å². The third-order valence-electron chi connectivity index (χ3n) is 10.0. The number of carbonyl (C=O) groups excluding carboxylic acids is 2. The molecule has 0 radical (unpaired) electrons. The van der Waals surface area contributed by atoms with E-state index in [0.29, 0.717) is 19.3 Å². The lowest BCUT2D eigenvalue weighted by atomic mass is 10.0. The number of carbonyl (C=O) groups is 2. The number of ether oxygens (including phenoxy) is 1. The summed E-state index contributed by atoms with van der Waals surface area (Å²) in [5.41, 5.74) is 0. The Labute approximate surface area is 374 Å². The molecule has 6 heteroatoms. The van der Waals surface area contributed by atoms with Crippen LogP contribution in [0, 0.1) is 0 Å². The zero-order valence-corrected chi connectivity index (χ0v) is 39.0. The highest BCUT2D eigenvalue weighted by Gasteiger charge is 2.23. The second kappa shape index (κ2) is 47.3. The number of rotatable bonds is 41. The van der Waals surface area contributed by atoms with Gasteiger partial charge in [0.1, 0.15) is 6.10 Å². The zero-order valence-electron chi connectivity index (χ0n) is 39.0. The quantitative estimate of drug-likeness (QED) is 0.0324. The number of nitrogens with one attached hydrogen (secondary N) is 1. The monoisotopic (exact) mass is 844 g/mol. The molecule has 0 fully saturated rings. The summed E-state index contributed by atoms with van der Waals surface area (Å²) in [4.78, 5) is 26.0. The van der Waals surface area contributed by atoms with E-state index < -0.39 is 18.2 Å². The number of hydrogen-bond donors (Lipinski definition) is 3. The molecule has 0 aromatic carbocycles. The summed E-state index contributed by atoms with van der Waals surface area (Å²) >= 11 is 0. The molecule has 0 bridgehead atoms. The van der Waals surface area contributed by atoms with Gasteiger partial charge in [0.05, 0.1) is 25.2 Å². The number of amides is 1. The second-order valence-corrected chi connectivity index (χ2v) is 15.7. The van der Waals surface area contributed by atoms with Crippen LogP contribution in [-0.2, 0) is 14.3 Å². The molecule has 0 saturated heterocycles. The molecule has 0 aliphatic rings. The summed E-state index contributed by atoms with van der Waals surface area (Å²) in [5.74, 6) is -0.682. The molecule has 3 N–H and O–H groups in total. The first-order valence-electron chi connectivity index (χ1n) is 24.3. The standard InChI is InChI=1S/C55H89NO5/c1-4-7-10-13-16-19-21-23-25-27-28-30-32-35-37-40-43-46-51(49-54(59)56-52(50-57)53(58)47-44-41-38-34-18-15-12-9-6-3)61-55(60)48-45-42-39-36-33-31-29-26-24-22-20-17-14-11-8-5-2/h7-8,10-11,16-17,19-20,23-26,28,30-31,33,35,37,43,46,51-53,57-58H,4-6,9,12-15,18,21-22,27,29,32,34,36,38-42,44-45,47-50H2,1-3H3,(H,56,59)/b10-7-,11-8+,19-16-,20-17+,25-23-,26-24+,30-28-,33-31+,37-35-,46-43-. The van der Waals surface area contributed by atoms with Crippen molar-refractivity contribution in [2.24, 2.45) is 0 Å². The van der Waals surface area contributed by atoms with Crippen molar-refractivity contribution in [2.75, 3.05) is 6.61 Å². The lowest BCUT2D eigenvalue weighted by molar-refractivity contribution is -0.148. The third kappa shape index (κ3) is 42.7. The number of hydrogen-bond acceptors (Lipinski definition) is 5. The maximum absolute atomic E-state index is 13.1. The molecule has 0 aromatic heterocycles. The Morgan fingerprint density at radius 1 is 0.508 bits per heavy atom. The smallest absolute Gasteiger partial charge is 0.306 e. The van der Waals surface area contributed by atoms with E-state index in [1.165, 1.54) is 38.5 Å². The molecule has 0 spiro atoms. The predicted octanol–water partition coefficient (Wildman–Crippen LogP) is 14.5.